The first-order valence-corrected chi connectivity index (χ1v) is 5.17. The standard InChI is InChI=1S/C12H14ClNO/c1-4-10-5-6-12(13)11(7-10)8(2)14-9(3)15/h5-7H,2,4H2,1,3H3,(H,14,15). The highest BCUT2D eigenvalue weighted by molar-refractivity contribution is 6.32. The molecule has 1 aromatic rings. The summed E-state index contributed by atoms with van der Waals surface area (Å²) in [7, 11) is 0. The molecule has 0 saturated carbocycles. The summed E-state index contributed by atoms with van der Waals surface area (Å²) < 4.78 is 0. The van der Waals surface area contributed by atoms with E-state index < -0.39 is 0 Å². The van der Waals surface area contributed by atoms with Gasteiger partial charge in [0.15, 0.2) is 0 Å². The Bertz CT molecular complexity index is 399. The molecule has 0 spiro atoms. The second-order valence-corrected chi connectivity index (χ2v) is 3.73. The van der Waals surface area contributed by atoms with E-state index in [2.05, 4.69) is 18.8 Å². The van der Waals surface area contributed by atoms with Crippen molar-refractivity contribution in [3.63, 3.8) is 0 Å². The molecule has 0 aliphatic carbocycles. The first kappa shape index (κ1) is 11.8. The number of nitrogens with one attached hydrogen (secondary N) is 1. The third-order valence-electron chi connectivity index (χ3n) is 2.09. The minimum absolute atomic E-state index is 0.141. The summed E-state index contributed by atoms with van der Waals surface area (Å²) in [5, 5.41) is 3.24. The molecule has 1 amide bonds. The molecule has 0 bridgehead atoms. The van der Waals surface area contributed by atoms with Gasteiger partial charge in [0.05, 0.1) is 0 Å². The van der Waals surface area contributed by atoms with Crippen LogP contribution in [0.3, 0.4) is 0 Å². The lowest BCUT2D eigenvalue weighted by molar-refractivity contribution is -0.117. The molecular formula is C12H14ClNO. The van der Waals surface area contributed by atoms with Crippen LogP contribution in [0.5, 0.6) is 0 Å². The number of aryl methyl sites for hydroxylation is 1. The van der Waals surface area contributed by atoms with Gasteiger partial charge in [-0.2, -0.15) is 0 Å². The molecule has 1 aromatic carbocycles. The molecule has 0 aliphatic heterocycles. The maximum absolute atomic E-state index is 10.9. The van der Waals surface area contributed by atoms with E-state index in [9.17, 15) is 4.79 Å². The van der Waals surface area contributed by atoms with Gasteiger partial charge in [0, 0.05) is 23.2 Å². The van der Waals surface area contributed by atoms with Crippen molar-refractivity contribution in [3.8, 4) is 0 Å². The zero-order chi connectivity index (χ0) is 11.4. The smallest absolute Gasteiger partial charge is 0.221 e. The molecule has 80 valence electrons. The second-order valence-electron chi connectivity index (χ2n) is 3.33. The van der Waals surface area contributed by atoms with E-state index in [1.807, 2.05) is 18.2 Å². The van der Waals surface area contributed by atoms with Crippen LogP contribution in [0.1, 0.15) is 25.0 Å². The van der Waals surface area contributed by atoms with E-state index in [-0.39, 0.29) is 5.91 Å². The fourth-order valence-corrected chi connectivity index (χ4v) is 1.54. The van der Waals surface area contributed by atoms with Crippen LogP contribution >= 0.6 is 11.6 Å². The summed E-state index contributed by atoms with van der Waals surface area (Å²) >= 11 is 6.02. The van der Waals surface area contributed by atoms with Crippen molar-refractivity contribution in [2.45, 2.75) is 20.3 Å². The van der Waals surface area contributed by atoms with Gasteiger partial charge in [-0.25, -0.2) is 0 Å². The average Bonchev–Trinajstić information content (AvgIpc) is 2.17. The van der Waals surface area contributed by atoms with E-state index in [1.165, 1.54) is 12.5 Å². The molecule has 0 aliphatic rings. The van der Waals surface area contributed by atoms with Gasteiger partial charge in [0.25, 0.3) is 0 Å². The second kappa shape index (κ2) is 4.99. The van der Waals surface area contributed by atoms with Crippen molar-refractivity contribution in [1.82, 2.24) is 5.32 Å². The SMILES string of the molecule is C=C(NC(C)=O)c1cc(CC)ccc1Cl. The van der Waals surface area contributed by atoms with Crippen molar-refractivity contribution >= 4 is 23.2 Å². The topological polar surface area (TPSA) is 29.1 Å². The number of hydrogen-bond donors (Lipinski definition) is 1. The predicted octanol–water partition coefficient (Wildman–Crippen LogP) is 3.01. The number of benzene rings is 1. The Kier molecular flexibility index (Phi) is 3.92. The molecule has 3 heteroatoms. The molecule has 0 atom stereocenters. The first-order valence-electron chi connectivity index (χ1n) is 4.80. The molecule has 15 heavy (non-hydrogen) atoms. The van der Waals surface area contributed by atoms with E-state index in [4.69, 9.17) is 11.6 Å². The average molecular weight is 224 g/mol. The largest absolute Gasteiger partial charge is 0.326 e. The van der Waals surface area contributed by atoms with Gasteiger partial charge >= 0.3 is 0 Å². The quantitative estimate of drug-likeness (QED) is 0.839. The van der Waals surface area contributed by atoms with Gasteiger partial charge in [-0.1, -0.05) is 31.2 Å². The third kappa shape index (κ3) is 3.10. The van der Waals surface area contributed by atoms with E-state index in [1.54, 1.807) is 0 Å². The van der Waals surface area contributed by atoms with Gasteiger partial charge < -0.3 is 5.32 Å². The Morgan fingerprint density at radius 1 is 1.53 bits per heavy atom. The van der Waals surface area contributed by atoms with Crippen molar-refractivity contribution in [2.75, 3.05) is 0 Å². The minimum Gasteiger partial charge on any atom is -0.326 e. The zero-order valence-corrected chi connectivity index (χ0v) is 9.69. The Labute approximate surface area is 94.9 Å². The molecule has 1 rings (SSSR count). The number of amides is 1. The summed E-state index contributed by atoms with van der Waals surface area (Å²) in [5.41, 5.74) is 2.50. The fraction of sp³-hybridized carbons (Fsp3) is 0.250. The van der Waals surface area contributed by atoms with Crippen molar-refractivity contribution < 1.29 is 4.79 Å². The van der Waals surface area contributed by atoms with Gasteiger partial charge in [-0.05, 0) is 24.1 Å². The van der Waals surface area contributed by atoms with Crippen LogP contribution in [0.25, 0.3) is 5.70 Å². The third-order valence-corrected chi connectivity index (χ3v) is 2.42. The molecular weight excluding hydrogens is 210 g/mol. The lowest BCUT2D eigenvalue weighted by Crippen LogP contribution is -2.17. The van der Waals surface area contributed by atoms with Gasteiger partial charge in [0.1, 0.15) is 0 Å². The van der Waals surface area contributed by atoms with E-state index in [0.717, 1.165) is 12.0 Å². The number of carbonyl (C=O) groups excluding carboxylic acids is 1. The minimum atomic E-state index is -0.141. The highest BCUT2D eigenvalue weighted by Gasteiger charge is 2.06. The highest BCUT2D eigenvalue weighted by Crippen LogP contribution is 2.22. The fourth-order valence-electron chi connectivity index (χ4n) is 1.30. The summed E-state index contributed by atoms with van der Waals surface area (Å²) in [5.74, 6) is -0.141. The van der Waals surface area contributed by atoms with Crippen LogP contribution in [0.4, 0.5) is 0 Å². The maximum atomic E-state index is 10.9. The van der Waals surface area contributed by atoms with Crippen LogP contribution in [0, 0.1) is 0 Å². The van der Waals surface area contributed by atoms with Crippen LogP contribution in [-0.4, -0.2) is 5.91 Å². The predicted molar refractivity (Wildman–Crippen MR) is 63.7 cm³/mol. The molecule has 2 nitrogen and oxygen atoms in total. The van der Waals surface area contributed by atoms with Crippen molar-refractivity contribution in [2.24, 2.45) is 0 Å². The van der Waals surface area contributed by atoms with Gasteiger partial charge in [-0.3, -0.25) is 4.79 Å². The molecule has 0 radical (unpaired) electrons. The van der Waals surface area contributed by atoms with Gasteiger partial charge in [0.2, 0.25) is 5.91 Å². The summed E-state index contributed by atoms with van der Waals surface area (Å²) in [6.45, 7) is 7.30. The zero-order valence-electron chi connectivity index (χ0n) is 8.93. The lowest BCUT2D eigenvalue weighted by Gasteiger charge is -2.09. The Morgan fingerprint density at radius 2 is 2.20 bits per heavy atom. The Hall–Kier alpha value is -1.28. The van der Waals surface area contributed by atoms with Crippen LogP contribution in [0.15, 0.2) is 24.8 Å². The van der Waals surface area contributed by atoms with Crippen molar-refractivity contribution in [1.29, 1.82) is 0 Å². The molecule has 0 heterocycles. The van der Waals surface area contributed by atoms with Crippen molar-refractivity contribution in [3.05, 3.63) is 40.9 Å². The number of carbonyl (C=O) groups is 1. The normalized spacial score (nSPS) is 9.80. The Balaban J connectivity index is 3.01. The van der Waals surface area contributed by atoms with Crippen LogP contribution in [0.2, 0.25) is 5.02 Å². The number of hydrogen-bond acceptors (Lipinski definition) is 1. The van der Waals surface area contributed by atoms with E-state index in [0.29, 0.717) is 10.7 Å². The monoisotopic (exact) mass is 223 g/mol. The molecule has 0 aromatic heterocycles. The number of halogens is 1. The first-order chi connectivity index (χ1) is 7.04. The number of rotatable bonds is 3. The van der Waals surface area contributed by atoms with E-state index >= 15 is 0 Å². The Morgan fingerprint density at radius 3 is 2.73 bits per heavy atom. The summed E-state index contributed by atoms with van der Waals surface area (Å²) in [6.07, 6.45) is 0.928. The maximum Gasteiger partial charge on any atom is 0.221 e. The van der Waals surface area contributed by atoms with Crippen LogP contribution in [-0.2, 0) is 11.2 Å². The molecule has 0 fully saturated rings. The summed E-state index contributed by atoms with van der Waals surface area (Å²) in [4.78, 5) is 10.9. The van der Waals surface area contributed by atoms with Crippen LogP contribution < -0.4 is 5.32 Å². The molecule has 0 unspecified atom stereocenters. The molecule has 1 N–H and O–H groups in total. The highest BCUT2D eigenvalue weighted by atomic mass is 35.5. The summed E-state index contributed by atoms with van der Waals surface area (Å²) in [6, 6.07) is 5.73. The van der Waals surface area contributed by atoms with Gasteiger partial charge in [-0.15, -0.1) is 0 Å². The lowest BCUT2D eigenvalue weighted by atomic mass is 10.1. The molecule has 0 saturated heterocycles.